The number of rotatable bonds is 4. The van der Waals surface area contributed by atoms with Crippen molar-refractivity contribution in [2.45, 2.75) is 12.8 Å². The molecule has 14 heavy (non-hydrogen) atoms. The number of primary amides is 1. The van der Waals surface area contributed by atoms with Crippen molar-refractivity contribution in [3.05, 3.63) is 36.1 Å². The van der Waals surface area contributed by atoms with Gasteiger partial charge in [-0.2, -0.15) is 0 Å². The van der Waals surface area contributed by atoms with Crippen LogP contribution in [0.3, 0.4) is 0 Å². The van der Waals surface area contributed by atoms with Gasteiger partial charge >= 0.3 is 0 Å². The lowest BCUT2D eigenvalue weighted by atomic mass is 10.1. The minimum Gasteiger partial charge on any atom is -0.364 e. The summed E-state index contributed by atoms with van der Waals surface area (Å²) in [6, 6.07) is 0. The Bertz CT molecular complexity index is 307. The van der Waals surface area contributed by atoms with E-state index in [-0.39, 0.29) is 0 Å². The van der Waals surface area contributed by atoms with Gasteiger partial charge in [0.15, 0.2) is 0 Å². The molecule has 0 unspecified atom stereocenters. The lowest BCUT2D eigenvalue weighted by Gasteiger charge is -2.20. The summed E-state index contributed by atoms with van der Waals surface area (Å²) in [5.41, 5.74) is 6.86. The molecule has 76 valence electrons. The summed E-state index contributed by atoms with van der Waals surface area (Å²) < 4.78 is 1.66. The summed E-state index contributed by atoms with van der Waals surface area (Å²) in [4.78, 5) is 11.0. The van der Waals surface area contributed by atoms with Gasteiger partial charge in [-0.15, -0.1) is 6.58 Å². The van der Waals surface area contributed by atoms with Gasteiger partial charge in [0.05, 0.1) is 16.1 Å². The van der Waals surface area contributed by atoms with Crippen molar-refractivity contribution in [2.75, 3.05) is 6.54 Å². The molecule has 0 aromatic heterocycles. The van der Waals surface area contributed by atoms with Crippen LogP contribution in [0.15, 0.2) is 36.1 Å². The number of carbonyl (C=O) groups is 1. The molecule has 1 rings (SSSR count). The van der Waals surface area contributed by atoms with Gasteiger partial charge in [-0.3, -0.25) is 8.72 Å². The standard InChI is InChI=1S/C10H13BrN2O/c1-2-3-4-8-5-6-13(11)9(7-8)10(12)14/h2,5,7H,1,3-4,6H2,(H2,12,14). The normalized spacial score (nSPS) is 15.9. The Morgan fingerprint density at radius 1 is 1.79 bits per heavy atom. The molecule has 0 saturated carbocycles. The molecule has 1 heterocycles. The second-order valence-electron chi connectivity index (χ2n) is 3.04. The van der Waals surface area contributed by atoms with E-state index in [9.17, 15) is 4.79 Å². The van der Waals surface area contributed by atoms with Crippen molar-refractivity contribution in [1.29, 1.82) is 0 Å². The Labute approximate surface area is 92.3 Å². The van der Waals surface area contributed by atoms with Gasteiger partial charge in [-0.05, 0) is 24.5 Å². The fourth-order valence-corrected chi connectivity index (χ4v) is 1.66. The van der Waals surface area contributed by atoms with Crippen molar-refractivity contribution in [3.8, 4) is 0 Å². The van der Waals surface area contributed by atoms with Crippen LogP contribution in [-0.2, 0) is 4.79 Å². The van der Waals surface area contributed by atoms with Crippen LogP contribution in [0.25, 0.3) is 0 Å². The molecule has 0 aromatic rings. The van der Waals surface area contributed by atoms with Crippen LogP contribution in [0.1, 0.15) is 12.8 Å². The molecule has 0 aromatic carbocycles. The maximum Gasteiger partial charge on any atom is 0.265 e. The summed E-state index contributed by atoms with van der Waals surface area (Å²) in [6.45, 7) is 4.32. The number of hydrogen-bond donors (Lipinski definition) is 1. The second-order valence-corrected chi connectivity index (χ2v) is 3.90. The first-order chi connectivity index (χ1) is 6.65. The molecule has 3 nitrogen and oxygen atoms in total. The maximum atomic E-state index is 11.0. The van der Waals surface area contributed by atoms with Crippen molar-refractivity contribution in [1.82, 2.24) is 3.93 Å². The summed E-state index contributed by atoms with van der Waals surface area (Å²) in [7, 11) is 0. The maximum absolute atomic E-state index is 11.0. The summed E-state index contributed by atoms with van der Waals surface area (Å²) in [5, 5.41) is 0. The Morgan fingerprint density at radius 3 is 3.07 bits per heavy atom. The predicted molar refractivity (Wildman–Crippen MR) is 60.4 cm³/mol. The van der Waals surface area contributed by atoms with E-state index in [1.165, 1.54) is 0 Å². The predicted octanol–water partition coefficient (Wildman–Crippen LogP) is 1.87. The fraction of sp³-hybridized carbons (Fsp3) is 0.300. The lowest BCUT2D eigenvalue weighted by molar-refractivity contribution is -0.115. The van der Waals surface area contributed by atoms with E-state index in [4.69, 9.17) is 5.73 Å². The van der Waals surface area contributed by atoms with Gasteiger partial charge in [0.2, 0.25) is 0 Å². The van der Waals surface area contributed by atoms with Crippen LogP contribution in [0.2, 0.25) is 0 Å². The summed E-state index contributed by atoms with van der Waals surface area (Å²) >= 11 is 3.25. The molecule has 0 spiro atoms. The molecule has 2 N–H and O–H groups in total. The zero-order valence-corrected chi connectivity index (χ0v) is 9.46. The monoisotopic (exact) mass is 256 g/mol. The second kappa shape index (κ2) is 5.00. The number of hydrogen-bond acceptors (Lipinski definition) is 2. The number of halogens is 1. The van der Waals surface area contributed by atoms with Crippen molar-refractivity contribution in [2.24, 2.45) is 5.73 Å². The first-order valence-corrected chi connectivity index (χ1v) is 5.11. The zero-order chi connectivity index (χ0) is 10.6. The molecule has 0 saturated heterocycles. The van der Waals surface area contributed by atoms with Crippen LogP contribution in [0, 0.1) is 0 Å². The highest BCUT2D eigenvalue weighted by molar-refractivity contribution is 9.07. The van der Waals surface area contributed by atoms with Crippen LogP contribution in [0.5, 0.6) is 0 Å². The Morgan fingerprint density at radius 2 is 2.50 bits per heavy atom. The number of amides is 1. The summed E-state index contributed by atoms with van der Waals surface area (Å²) in [5.74, 6) is -0.411. The average molecular weight is 257 g/mol. The van der Waals surface area contributed by atoms with E-state index < -0.39 is 5.91 Å². The van der Waals surface area contributed by atoms with Crippen LogP contribution in [0.4, 0.5) is 0 Å². The molecule has 0 radical (unpaired) electrons. The minimum absolute atomic E-state index is 0.411. The smallest absolute Gasteiger partial charge is 0.265 e. The SMILES string of the molecule is C=CCCC1=CCN(Br)C(C(N)=O)=C1. The highest BCUT2D eigenvalue weighted by Gasteiger charge is 2.15. The third-order valence-electron chi connectivity index (χ3n) is 1.99. The van der Waals surface area contributed by atoms with E-state index in [1.54, 1.807) is 3.93 Å². The van der Waals surface area contributed by atoms with Crippen molar-refractivity contribution < 1.29 is 4.79 Å². The van der Waals surface area contributed by atoms with E-state index >= 15 is 0 Å². The molecule has 1 amide bonds. The van der Waals surface area contributed by atoms with Crippen LogP contribution in [-0.4, -0.2) is 16.4 Å². The first-order valence-electron chi connectivity index (χ1n) is 4.40. The Kier molecular flexibility index (Phi) is 3.95. The number of allylic oxidation sites excluding steroid dienone is 3. The molecule has 0 fully saturated rings. The Hall–Kier alpha value is -1.03. The van der Waals surface area contributed by atoms with Gasteiger partial charge in [-0.1, -0.05) is 12.2 Å². The molecule has 1 aliphatic heterocycles. The van der Waals surface area contributed by atoms with E-state index in [0.29, 0.717) is 12.2 Å². The highest BCUT2D eigenvalue weighted by Crippen LogP contribution is 2.20. The number of nitrogens with two attached hydrogens (primary N) is 1. The first kappa shape index (κ1) is 11.0. The molecule has 4 heteroatoms. The topological polar surface area (TPSA) is 46.3 Å². The fourth-order valence-electron chi connectivity index (χ4n) is 1.23. The summed E-state index contributed by atoms with van der Waals surface area (Å²) in [6.07, 6.45) is 7.55. The zero-order valence-electron chi connectivity index (χ0n) is 7.87. The van der Waals surface area contributed by atoms with Crippen LogP contribution < -0.4 is 5.73 Å². The third-order valence-corrected chi connectivity index (χ3v) is 2.66. The third kappa shape index (κ3) is 2.73. The molecule has 1 aliphatic rings. The molecular formula is C10H13BrN2O. The van der Waals surface area contributed by atoms with Gasteiger partial charge in [0.1, 0.15) is 5.70 Å². The number of carbonyl (C=O) groups excluding carboxylic acids is 1. The van der Waals surface area contributed by atoms with Gasteiger partial charge in [0, 0.05) is 6.54 Å². The van der Waals surface area contributed by atoms with E-state index in [2.05, 4.69) is 28.8 Å². The van der Waals surface area contributed by atoms with Crippen molar-refractivity contribution >= 4 is 22.1 Å². The quantitative estimate of drug-likeness (QED) is 0.617. The van der Waals surface area contributed by atoms with Gasteiger partial charge in [0.25, 0.3) is 5.91 Å². The molecule has 0 aliphatic carbocycles. The van der Waals surface area contributed by atoms with Gasteiger partial charge in [-0.25, -0.2) is 0 Å². The van der Waals surface area contributed by atoms with E-state index in [1.807, 2.05) is 12.2 Å². The lowest BCUT2D eigenvalue weighted by Crippen LogP contribution is -2.27. The van der Waals surface area contributed by atoms with Gasteiger partial charge < -0.3 is 5.73 Å². The van der Waals surface area contributed by atoms with Crippen LogP contribution >= 0.6 is 16.1 Å². The highest BCUT2D eigenvalue weighted by atomic mass is 79.9. The number of nitrogens with zero attached hydrogens (tertiary/aromatic N) is 1. The largest absolute Gasteiger partial charge is 0.364 e. The Balaban J connectivity index is 2.72. The van der Waals surface area contributed by atoms with E-state index in [0.717, 1.165) is 18.4 Å². The molecular weight excluding hydrogens is 244 g/mol. The minimum atomic E-state index is -0.411. The average Bonchev–Trinajstić information content (AvgIpc) is 2.16. The molecule has 0 atom stereocenters. The van der Waals surface area contributed by atoms with Crippen molar-refractivity contribution in [3.63, 3.8) is 0 Å². The molecule has 0 bridgehead atoms.